The summed E-state index contributed by atoms with van der Waals surface area (Å²) in [6.07, 6.45) is 1.66. The largest absolute Gasteiger partial charge is 0.478 e. The molecule has 2 aromatic rings. The third-order valence-corrected chi connectivity index (χ3v) is 2.30. The van der Waals surface area contributed by atoms with Gasteiger partial charge in [0, 0.05) is 5.39 Å². The highest BCUT2D eigenvalue weighted by Crippen LogP contribution is 2.22. The number of carboxylic acid groups (broad SMARTS) is 1. The van der Waals surface area contributed by atoms with Crippen molar-refractivity contribution in [2.45, 2.75) is 19.4 Å². The van der Waals surface area contributed by atoms with Gasteiger partial charge in [-0.3, -0.25) is 5.10 Å². The molecule has 0 bridgehead atoms. The molecule has 0 unspecified atom stereocenters. The molecule has 0 atom stereocenters. The van der Waals surface area contributed by atoms with E-state index >= 15 is 0 Å². The second-order valence-corrected chi connectivity index (χ2v) is 4.04. The van der Waals surface area contributed by atoms with E-state index in [4.69, 9.17) is 9.84 Å². The van der Waals surface area contributed by atoms with E-state index in [1.165, 1.54) is 13.8 Å². The average molecular weight is 220 g/mol. The highest BCUT2D eigenvalue weighted by molar-refractivity contribution is 5.80. The van der Waals surface area contributed by atoms with Crippen molar-refractivity contribution in [2.75, 3.05) is 0 Å². The second-order valence-electron chi connectivity index (χ2n) is 4.04. The van der Waals surface area contributed by atoms with Gasteiger partial charge in [0.05, 0.1) is 11.7 Å². The van der Waals surface area contributed by atoms with Crippen molar-refractivity contribution >= 4 is 16.9 Å². The molecule has 0 aliphatic rings. The number of hydrogen-bond acceptors (Lipinski definition) is 3. The Morgan fingerprint density at radius 2 is 2.25 bits per heavy atom. The van der Waals surface area contributed by atoms with Crippen molar-refractivity contribution in [1.82, 2.24) is 10.2 Å². The lowest BCUT2D eigenvalue weighted by Gasteiger charge is -2.21. The van der Waals surface area contributed by atoms with Crippen LogP contribution in [0.5, 0.6) is 5.75 Å². The van der Waals surface area contributed by atoms with E-state index in [9.17, 15) is 4.79 Å². The maximum atomic E-state index is 10.9. The smallest absolute Gasteiger partial charge is 0.347 e. The zero-order valence-corrected chi connectivity index (χ0v) is 9.02. The van der Waals surface area contributed by atoms with Crippen LogP contribution in [-0.2, 0) is 4.79 Å². The Morgan fingerprint density at radius 3 is 2.94 bits per heavy atom. The minimum absolute atomic E-state index is 0.515. The summed E-state index contributed by atoms with van der Waals surface area (Å²) in [5, 5.41) is 16.5. The van der Waals surface area contributed by atoms with E-state index in [1.54, 1.807) is 24.4 Å². The van der Waals surface area contributed by atoms with E-state index in [2.05, 4.69) is 10.2 Å². The molecule has 0 aliphatic heterocycles. The molecule has 1 heterocycles. The molecule has 0 radical (unpaired) electrons. The minimum atomic E-state index is -1.24. The van der Waals surface area contributed by atoms with Crippen LogP contribution in [0, 0.1) is 0 Å². The van der Waals surface area contributed by atoms with Gasteiger partial charge in [0.25, 0.3) is 0 Å². The van der Waals surface area contributed by atoms with E-state index < -0.39 is 11.6 Å². The van der Waals surface area contributed by atoms with Crippen LogP contribution in [-0.4, -0.2) is 26.9 Å². The number of hydrogen-bond donors (Lipinski definition) is 2. The zero-order chi connectivity index (χ0) is 11.8. The number of carbonyl (C=O) groups is 1. The van der Waals surface area contributed by atoms with Crippen molar-refractivity contribution in [1.29, 1.82) is 0 Å². The fourth-order valence-corrected chi connectivity index (χ4v) is 1.32. The van der Waals surface area contributed by atoms with Crippen LogP contribution in [0.15, 0.2) is 24.4 Å². The standard InChI is InChI=1S/C11H12N2O3/c1-11(2,10(14)15)16-8-3-4-9-7(5-8)6-12-13-9/h3-6H,1-2H3,(H,12,13)(H,14,15). The third-order valence-electron chi connectivity index (χ3n) is 2.30. The Morgan fingerprint density at radius 1 is 1.50 bits per heavy atom. The zero-order valence-electron chi connectivity index (χ0n) is 9.02. The lowest BCUT2D eigenvalue weighted by Crippen LogP contribution is -2.37. The minimum Gasteiger partial charge on any atom is -0.478 e. The summed E-state index contributed by atoms with van der Waals surface area (Å²) in [5.41, 5.74) is -0.349. The van der Waals surface area contributed by atoms with Crippen molar-refractivity contribution < 1.29 is 14.6 Å². The summed E-state index contributed by atoms with van der Waals surface area (Å²) < 4.78 is 5.40. The Kier molecular flexibility index (Phi) is 2.30. The number of fused-ring (bicyclic) bond motifs is 1. The summed E-state index contributed by atoms with van der Waals surface area (Å²) >= 11 is 0. The first-order chi connectivity index (χ1) is 7.49. The predicted octanol–water partition coefficient (Wildman–Crippen LogP) is 1.80. The number of rotatable bonds is 3. The normalized spacial score (nSPS) is 11.6. The highest BCUT2D eigenvalue weighted by Gasteiger charge is 2.29. The number of benzene rings is 1. The van der Waals surface area contributed by atoms with E-state index in [0.29, 0.717) is 5.75 Å². The van der Waals surface area contributed by atoms with Crippen molar-refractivity contribution in [3.63, 3.8) is 0 Å². The Bertz CT molecular complexity index is 531. The van der Waals surface area contributed by atoms with Crippen LogP contribution in [0.2, 0.25) is 0 Å². The number of nitrogens with zero attached hydrogens (tertiary/aromatic N) is 1. The molecule has 0 saturated heterocycles. The molecule has 16 heavy (non-hydrogen) atoms. The number of aliphatic carboxylic acids is 1. The van der Waals surface area contributed by atoms with Crippen molar-refractivity contribution in [3.05, 3.63) is 24.4 Å². The Labute approximate surface area is 92.0 Å². The summed E-state index contributed by atoms with van der Waals surface area (Å²) in [6.45, 7) is 3.02. The Hall–Kier alpha value is -2.04. The highest BCUT2D eigenvalue weighted by atomic mass is 16.5. The molecule has 2 rings (SSSR count). The lowest BCUT2D eigenvalue weighted by molar-refractivity contribution is -0.152. The number of nitrogens with one attached hydrogen (secondary N) is 1. The van der Waals surface area contributed by atoms with Gasteiger partial charge in [0.1, 0.15) is 5.75 Å². The fourth-order valence-electron chi connectivity index (χ4n) is 1.32. The third kappa shape index (κ3) is 1.84. The molecule has 0 amide bonds. The molecule has 0 spiro atoms. The fraction of sp³-hybridized carbons (Fsp3) is 0.273. The molecule has 0 aliphatic carbocycles. The molecule has 0 fully saturated rings. The SMILES string of the molecule is CC(C)(Oc1ccc2[nH]ncc2c1)C(=O)O. The van der Waals surface area contributed by atoms with Gasteiger partial charge in [0.2, 0.25) is 0 Å². The molecular formula is C11H12N2O3. The van der Waals surface area contributed by atoms with Gasteiger partial charge in [-0.25, -0.2) is 4.79 Å². The van der Waals surface area contributed by atoms with Crippen LogP contribution >= 0.6 is 0 Å². The van der Waals surface area contributed by atoms with Crippen molar-refractivity contribution in [2.24, 2.45) is 0 Å². The summed E-state index contributed by atoms with van der Waals surface area (Å²) in [7, 11) is 0. The van der Waals surface area contributed by atoms with Crippen LogP contribution in [0.1, 0.15) is 13.8 Å². The second kappa shape index (κ2) is 3.52. The van der Waals surface area contributed by atoms with E-state index in [1.807, 2.05) is 0 Å². The molecule has 84 valence electrons. The van der Waals surface area contributed by atoms with Gasteiger partial charge in [-0.1, -0.05) is 0 Å². The lowest BCUT2D eigenvalue weighted by atomic mass is 10.1. The van der Waals surface area contributed by atoms with E-state index in [-0.39, 0.29) is 0 Å². The summed E-state index contributed by atoms with van der Waals surface area (Å²) in [5.74, 6) is -0.485. The number of carboxylic acids is 1. The van der Waals surface area contributed by atoms with Crippen molar-refractivity contribution in [3.8, 4) is 5.75 Å². The van der Waals surface area contributed by atoms with Crippen LogP contribution < -0.4 is 4.74 Å². The monoisotopic (exact) mass is 220 g/mol. The number of H-pyrrole nitrogens is 1. The molecule has 1 aromatic heterocycles. The molecule has 5 nitrogen and oxygen atoms in total. The summed E-state index contributed by atoms with van der Waals surface area (Å²) in [6, 6.07) is 5.27. The first-order valence-electron chi connectivity index (χ1n) is 4.84. The first kappa shape index (κ1) is 10.5. The molecule has 1 aromatic carbocycles. The predicted molar refractivity (Wildman–Crippen MR) is 58.4 cm³/mol. The van der Waals surface area contributed by atoms with Gasteiger partial charge in [-0.05, 0) is 32.0 Å². The van der Waals surface area contributed by atoms with Gasteiger partial charge in [0.15, 0.2) is 5.60 Å². The molecular weight excluding hydrogens is 208 g/mol. The maximum absolute atomic E-state index is 10.9. The summed E-state index contributed by atoms with van der Waals surface area (Å²) in [4.78, 5) is 10.9. The first-order valence-corrected chi connectivity index (χ1v) is 4.84. The maximum Gasteiger partial charge on any atom is 0.347 e. The van der Waals surface area contributed by atoms with E-state index in [0.717, 1.165) is 10.9 Å². The number of aromatic nitrogens is 2. The average Bonchev–Trinajstić information content (AvgIpc) is 2.63. The van der Waals surface area contributed by atoms with Crippen LogP contribution in [0.4, 0.5) is 0 Å². The quantitative estimate of drug-likeness (QED) is 0.827. The van der Waals surface area contributed by atoms with Gasteiger partial charge in [-0.15, -0.1) is 0 Å². The molecule has 2 N–H and O–H groups in total. The van der Waals surface area contributed by atoms with Crippen LogP contribution in [0.25, 0.3) is 10.9 Å². The van der Waals surface area contributed by atoms with Crippen LogP contribution in [0.3, 0.4) is 0 Å². The topological polar surface area (TPSA) is 75.2 Å². The number of aromatic amines is 1. The Balaban J connectivity index is 2.30. The molecule has 5 heteroatoms. The molecule has 0 saturated carbocycles. The number of ether oxygens (including phenoxy) is 1. The van der Waals surface area contributed by atoms with Gasteiger partial charge < -0.3 is 9.84 Å². The van der Waals surface area contributed by atoms with Gasteiger partial charge >= 0.3 is 5.97 Å². The van der Waals surface area contributed by atoms with Gasteiger partial charge in [-0.2, -0.15) is 5.10 Å².